The minimum absolute atomic E-state index is 0. The van der Waals surface area contributed by atoms with Gasteiger partial charge in [-0.3, -0.25) is 4.79 Å². The summed E-state index contributed by atoms with van der Waals surface area (Å²) in [5.41, 5.74) is 8.00. The van der Waals surface area contributed by atoms with Crippen LogP contribution in [0.3, 0.4) is 0 Å². The Morgan fingerprint density at radius 2 is 1.85 bits per heavy atom. The predicted molar refractivity (Wildman–Crippen MR) is 85.3 cm³/mol. The van der Waals surface area contributed by atoms with Crippen molar-refractivity contribution in [3.8, 4) is 0 Å². The second-order valence-corrected chi connectivity index (χ2v) is 5.54. The first-order valence-electron chi connectivity index (χ1n) is 7.25. The zero-order valence-electron chi connectivity index (χ0n) is 12.3. The molecule has 0 radical (unpaired) electrons. The molecule has 2 N–H and O–H groups in total. The highest BCUT2D eigenvalue weighted by Crippen LogP contribution is 2.21. The second kappa shape index (κ2) is 7.65. The van der Waals surface area contributed by atoms with E-state index in [4.69, 9.17) is 5.73 Å². The molecule has 20 heavy (non-hydrogen) atoms. The van der Waals surface area contributed by atoms with Gasteiger partial charge in [-0.2, -0.15) is 0 Å². The summed E-state index contributed by atoms with van der Waals surface area (Å²) in [5, 5.41) is 0. The van der Waals surface area contributed by atoms with Crippen molar-refractivity contribution in [1.29, 1.82) is 0 Å². The summed E-state index contributed by atoms with van der Waals surface area (Å²) in [5.74, 6) is 0.720. The number of piperidine rings is 1. The lowest BCUT2D eigenvalue weighted by Crippen LogP contribution is -2.42. The molecule has 1 aliphatic heterocycles. The van der Waals surface area contributed by atoms with Gasteiger partial charge in [0, 0.05) is 24.7 Å². The molecule has 0 aliphatic carbocycles. The van der Waals surface area contributed by atoms with Gasteiger partial charge in [0.15, 0.2) is 0 Å². The van der Waals surface area contributed by atoms with Crippen molar-refractivity contribution >= 4 is 18.3 Å². The van der Waals surface area contributed by atoms with E-state index in [9.17, 15) is 4.79 Å². The van der Waals surface area contributed by atoms with Gasteiger partial charge >= 0.3 is 0 Å². The maximum absolute atomic E-state index is 12.4. The number of carbonyl (C=O) groups is 1. The third-order valence-corrected chi connectivity index (χ3v) is 4.18. The van der Waals surface area contributed by atoms with E-state index in [2.05, 4.69) is 13.8 Å². The Hall–Kier alpha value is -1.06. The van der Waals surface area contributed by atoms with Crippen molar-refractivity contribution in [3.63, 3.8) is 0 Å². The summed E-state index contributed by atoms with van der Waals surface area (Å²) in [7, 11) is 0. The summed E-state index contributed by atoms with van der Waals surface area (Å²) >= 11 is 0. The first-order valence-corrected chi connectivity index (χ1v) is 7.25. The van der Waals surface area contributed by atoms with E-state index in [-0.39, 0.29) is 24.4 Å². The van der Waals surface area contributed by atoms with E-state index >= 15 is 0 Å². The van der Waals surface area contributed by atoms with Crippen LogP contribution in [-0.4, -0.2) is 29.9 Å². The standard InChI is InChI=1S/C16H24N2O.ClH/c1-3-13-4-6-15(7-5-13)16(19)18-10-8-14(9-11-18)12(2)17;/h4-7,12,14H,3,8-11,17H2,1-2H3;1H. The van der Waals surface area contributed by atoms with Gasteiger partial charge in [-0.05, 0) is 49.8 Å². The summed E-state index contributed by atoms with van der Waals surface area (Å²) < 4.78 is 0. The third-order valence-electron chi connectivity index (χ3n) is 4.18. The van der Waals surface area contributed by atoms with Gasteiger partial charge in [-0.15, -0.1) is 12.4 Å². The van der Waals surface area contributed by atoms with Crippen molar-refractivity contribution in [2.24, 2.45) is 11.7 Å². The molecule has 112 valence electrons. The van der Waals surface area contributed by atoms with Crippen molar-refractivity contribution in [1.82, 2.24) is 4.90 Å². The molecule has 1 aliphatic rings. The molecular formula is C16H25ClN2O. The van der Waals surface area contributed by atoms with Crippen LogP contribution in [0, 0.1) is 5.92 Å². The maximum Gasteiger partial charge on any atom is 0.253 e. The van der Waals surface area contributed by atoms with Crippen LogP contribution in [0.1, 0.15) is 42.6 Å². The first-order chi connectivity index (χ1) is 9.11. The van der Waals surface area contributed by atoms with E-state index in [0.717, 1.165) is 37.9 Å². The van der Waals surface area contributed by atoms with Gasteiger partial charge in [0.1, 0.15) is 0 Å². The van der Waals surface area contributed by atoms with Crippen molar-refractivity contribution in [2.45, 2.75) is 39.2 Å². The molecule has 1 saturated heterocycles. The average Bonchev–Trinajstić information content (AvgIpc) is 2.46. The zero-order valence-corrected chi connectivity index (χ0v) is 13.2. The number of nitrogens with two attached hydrogens (primary N) is 1. The van der Waals surface area contributed by atoms with Gasteiger partial charge in [-0.25, -0.2) is 0 Å². The van der Waals surface area contributed by atoms with Crippen molar-refractivity contribution < 1.29 is 4.79 Å². The van der Waals surface area contributed by atoms with E-state index in [1.165, 1.54) is 5.56 Å². The Balaban J connectivity index is 0.00000200. The van der Waals surface area contributed by atoms with E-state index in [1.54, 1.807) is 0 Å². The summed E-state index contributed by atoms with van der Waals surface area (Å²) in [4.78, 5) is 14.3. The number of aryl methyl sites for hydroxylation is 1. The van der Waals surface area contributed by atoms with E-state index in [1.807, 2.05) is 29.2 Å². The maximum atomic E-state index is 12.4. The van der Waals surface area contributed by atoms with Crippen LogP contribution in [0.4, 0.5) is 0 Å². The minimum atomic E-state index is 0. The highest BCUT2D eigenvalue weighted by Gasteiger charge is 2.25. The van der Waals surface area contributed by atoms with Crippen LogP contribution in [-0.2, 0) is 6.42 Å². The average molecular weight is 297 g/mol. The SMILES string of the molecule is CCc1ccc(C(=O)N2CCC(C(C)N)CC2)cc1.Cl. The normalized spacial score (nSPS) is 17.4. The van der Waals surface area contributed by atoms with Gasteiger partial charge in [0.2, 0.25) is 0 Å². The highest BCUT2D eigenvalue weighted by molar-refractivity contribution is 5.94. The molecule has 1 atom stereocenters. The third kappa shape index (κ3) is 3.97. The Morgan fingerprint density at radius 3 is 2.30 bits per heavy atom. The minimum Gasteiger partial charge on any atom is -0.339 e. The fraction of sp³-hybridized carbons (Fsp3) is 0.562. The molecule has 1 aromatic rings. The number of benzene rings is 1. The lowest BCUT2D eigenvalue weighted by atomic mass is 9.90. The largest absolute Gasteiger partial charge is 0.339 e. The number of amides is 1. The topological polar surface area (TPSA) is 46.3 Å². The lowest BCUT2D eigenvalue weighted by molar-refractivity contribution is 0.0681. The monoisotopic (exact) mass is 296 g/mol. The second-order valence-electron chi connectivity index (χ2n) is 5.54. The zero-order chi connectivity index (χ0) is 13.8. The molecule has 1 heterocycles. The van der Waals surface area contributed by atoms with Crippen LogP contribution in [0.5, 0.6) is 0 Å². The number of carbonyl (C=O) groups excluding carboxylic acids is 1. The van der Waals surface area contributed by atoms with Crippen LogP contribution in [0.25, 0.3) is 0 Å². The quantitative estimate of drug-likeness (QED) is 0.932. The summed E-state index contributed by atoms with van der Waals surface area (Å²) in [6.07, 6.45) is 3.06. The van der Waals surface area contributed by atoms with Crippen LogP contribution in [0.15, 0.2) is 24.3 Å². The molecule has 0 aromatic heterocycles. The summed E-state index contributed by atoms with van der Waals surface area (Å²) in [6, 6.07) is 8.21. The molecule has 1 unspecified atom stereocenters. The van der Waals surface area contributed by atoms with Crippen molar-refractivity contribution in [3.05, 3.63) is 35.4 Å². The molecule has 1 fully saturated rings. The molecular weight excluding hydrogens is 272 g/mol. The van der Waals surface area contributed by atoms with Gasteiger partial charge in [0.25, 0.3) is 5.91 Å². The van der Waals surface area contributed by atoms with Crippen LogP contribution < -0.4 is 5.73 Å². The molecule has 4 heteroatoms. The molecule has 0 spiro atoms. The predicted octanol–water partition coefficient (Wildman–Crippen LogP) is 2.87. The molecule has 1 aromatic carbocycles. The van der Waals surface area contributed by atoms with Crippen molar-refractivity contribution in [2.75, 3.05) is 13.1 Å². The Kier molecular flexibility index (Phi) is 6.50. The van der Waals surface area contributed by atoms with E-state index < -0.39 is 0 Å². The van der Waals surface area contributed by atoms with Crippen LogP contribution in [0.2, 0.25) is 0 Å². The number of hydrogen-bond donors (Lipinski definition) is 1. The molecule has 0 saturated carbocycles. The molecule has 0 bridgehead atoms. The van der Waals surface area contributed by atoms with E-state index in [0.29, 0.717) is 5.92 Å². The van der Waals surface area contributed by atoms with Gasteiger partial charge in [0.05, 0.1) is 0 Å². The highest BCUT2D eigenvalue weighted by atomic mass is 35.5. The molecule has 3 nitrogen and oxygen atoms in total. The van der Waals surface area contributed by atoms with Crippen LogP contribution >= 0.6 is 12.4 Å². The number of nitrogens with zero attached hydrogens (tertiary/aromatic N) is 1. The Bertz CT molecular complexity index is 423. The number of hydrogen-bond acceptors (Lipinski definition) is 2. The smallest absolute Gasteiger partial charge is 0.253 e. The molecule has 2 rings (SSSR count). The Morgan fingerprint density at radius 1 is 1.30 bits per heavy atom. The van der Waals surface area contributed by atoms with Gasteiger partial charge in [-0.1, -0.05) is 19.1 Å². The Labute approximate surface area is 127 Å². The molecule has 1 amide bonds. The van der Waals surface area contributed by atoms with Gasteiger partial charge < -0.3 is 10.6 Å². The fourth-order valence-corrected chi connectivity index (χ4v) is 2.69. The summed E-state index contributed by atoms with van der Waals surface area (Å²) in [6.45, 7) is 5.85. The first kappa shape index (κ1) is 17.0. The number of rotatable bonds is 3. The fourth-order valence-electron chi connectivity index (χ4n) is 2.69. The number of halogens is 1. The lowest BCUT2D eigenvalue weighted by Gasteiger charge is -2.33. The number of likely N-dealkylation sites (tertiary alicyclic amines) is 1.